The van der Waals surface area contributed by atoms with Crippen molar-refractivity contribution in [2.24, 2.45) is 0 Å². The van der Waals surface area contributed by atoms with Gasteiger partial charge in [-0.3, -0.25) is 4.31 Å². The van der Waals surface area contributed by atoms with E-state index in [0.29, 0.717) is 13.1 Å². The summed E-state index contributed by atoms with van der Waals surface area (Å²) in [6.45, 7) is 4.86. The minimum atomic E-state index is -3.39. The molecule has 1 aromatic carbocycles. The third-order valence-electron chi connectivity index (χ3n) is 4.05. The smallest absolute Gasteiger partial charge is 0.304 e. The molecule has 0 bridgehead atoms. The maximum absolute atomic E-state index is 12.8. The fraction of sp³-hybridized carbons (Fsp3) is 0.571. The van der Waals surface area contributed by atoms with Gasteiger partial charge in [0.15, 0.2) is 0 Å². The van der Waals surface area contributed by atoms with Crippen LogP contribution in [-0.2, 0) is 10.2 Å². The van der Waals surface area contributed by atoms with E-state index in [0.717, 1.165) is 37.2 Å². The van der Waals surface area contributed by atoms with Crippen LogP contribution in [0, 0.1) is 6.92 Å². The fourth-order valence-corrected chi connectivity index (χ4v) is 4.94. The van der Waals surface area contributed by atoms with Gasteiger partial charge < -0.3 is 5.32 Å². The number of hydrogen-bond acceptors (Lipinski definition) is 3. The summed E-state index contributed by atoms with van der Waals surface area (Å²) in [4.78, 5) is 0. The van der Waals surface area contributed by atoms with Crippen LogP contribution in [0.3, 0.4) is 0 Å². The van der Waals surface area contributed by atoms with Crippen LogP contribution in [-0.4, -0.2) is 44.9 Å². The van der Waals surface area contributed by atoms with Gasteiger partial charge in [0.1, 0.15) is 0 Å². The number of benzene rings is 1. The summed E-state index contributed by atoms with van der Waals surface area (Å²) < 4.78 is 28.9. The zero-order chi connectivity index (χ0) is 14.2. The molecule has 20 heavy (non-hydrogen) atoms. The molecule has 1 atom stereocenters. The van der Waals surface area contributed by atoms with E-state index in [9.17, 15) is 8.42 Å². The molecule has 2 aliphatic rings. The molecule has 0 radical (unpaired) electrons. The minimum Gasteiger partial charge on any atom is -0.315 e. The van der Waals surface area contributed by atoms with Gasteiger partial charge in [0, 0.05) is 25.7 Å². The quantitative estimate of drug-likeness (QED) is 0.889. The van der Waals surface area contributed by atoms with Crippen LogP contribution in [0.4, 0.5) is 5.69 Å². The minimum absolute atomic E-state index is 0.104. The van der Waals surface area contributed by atoms with Gasteiger partial charge in [-0.1, -0.05) is 12.1 Å². The normalized spacial score (nSPS) is 26.9. The molecule has 2 saturated heterocycles. The number of nitrogens with one attached hydrogen (secondary N) is 1. The largest absolute Gasteiger partial charge is 0.315 e. The second kappa shape index (κ2) is 5.35. The molecule has 0 saturated carbocycles. The van der Waals surface area contributed by atoms with E-state index >= 15 is 0 Å². The molecule has 0 spiro atoms. The molecule has 6 heteroatoms. The van der Waals surface area contributed by atoms with Crippen molar-refractivity contribution in [1.29, 1.82) is 0 Å². The van der Waals surface area contributed by atoms with E-state index in [1.165, 1.54) is 0 Å². The monoisotopic (exact) mass is 295 g/mol. The molecule has 3 rings (SSSR count). The zero-order valence-corrected chi connectivity index (χ0v) is 12.6. The van der Waals surface area contributed by atoms with E-state index in [1.807, 2.05) is 31.2 Å². The molecule has 0 aromatic heterocycles. The molecule has 2 heterocycles. The Bertz CT molecular complexity index is 582. The predicted octanol–water partition coefficient (Wildman–Crippen LogP) is 1.11. The van der Waals surface area contributed by atoms with E-state index in [1.54, 1.807) is 8.61 Å². The highest BCUT2D eigenvalue weighted by molar-refractivity contribution is 7.90. The van der Waals surface area contributed by atoms with E-state index in [4.69, 9.17) is 0 Å². The zero-order valence-electron chi connectivity index (χ0n) is 11.7. The summed E-state index contributed by atoms with van der Waals surface area (Å²) in [5, 5.41) is 3.25. The van der Waals surface area contributed by atoms with Crippen LogP contribution in [0.2, 0.25) is 0 Å². The number of hydrogen-bond donors (Lipinski definition) is 1. The maximum Gasteiger partial charge on any atom is 0.304 e. The standard InChI is InChI=1S/C14H21N3O2S/c1-12-4-2-5-13(10-12)16-8-3-9-17(20(16,18)19)14-6-7-15-11-14/h2,4-5,10,14-15H,3,6-9,11H2,1H3. The maximum atomic E-state index is 12.8. The summed E-state index contributed by atoms with van der Waals surface area (Å²) >= 11 is 0. The molecular formula is C14H21N3O2S. The fourth-order valence-electron chi connectivity index (χ4n) is 3.03. The average Bonchev–Trinajstić information content (AvgIpc) is 2.91. The highest BCUT2D eigenvalue weighted by Gasteiger charge is 2.39. The van der Waals surface area contributed by atoms with Gasteiger partial charge in [0.2, 0.25) is 0 Å². The molecule has 5 nitrogen and oxygen atoms in total. The van der Waals surface area contributed by atoms with Crippen LogP contribution >= 0.6 is 0 Å². The van der Waals surface area contributed by atoms with E-state index in [2.05, 4.69) is 5.32 Å². The first-order chi connectivity index (χ1) is 9.59. The molecule has 0 aliphatic carbocycles. The average molecular weight is 295 g/mol. The van der Waals surface area contributed by atoms with Gasteiger partial charge in [-0.2, -0.15) is 12.7 Å². The van der Waals surface area contributed by atoms with Crippen LogP contribution in [0.25, 0.3) is 0 Å². The molecule has 2 aliphatic heterocycles. The lowest BCUT2D eigenvalue weighted by atomic mass is 10.2. The van der Waals surface area contributed by atoms with Crippen LogP contribution < -0.4 is 9.62 Å². The lowest BCUT2D eigenvalue weighted by Gasteiger charge is -2.38. The first-order valence-corrected chi connectivity index (χ1v) is 8.55. The Labute approximate surface area is 120 Å². The summed E-state index contributed by atoms with van der Waals surface area (Å²) in [5.41, 5.74) is 1.86. The Morgan fingerprint density at radius 3 is 2.85 bits per heavy atom. The van der Waals surface area contributed by atoms with E-state index < -0.39 is 10.2 Å². The Balaban J connectivity index is 1.91. The van der Waals surface area contributed by atoms with Crippen molar-refractivity contribution in [1.82, 2.24) is 9.62 Å². The predicted molar refractivity (Wildman–Crippen MR) is 80.0 cm³/mol. The summed E-state index contributed by atoms with van der Waals surface area (Å²) in [5.74, 6) is 0. The summed E-state index contributed by atoms with van der Waals surface area (Å²) in [6.07, 6.45) is 1.78. The highest BCUT2D eigenvalue weighted by atomic mass is 32.2. The van der Waals surface area contributed by atoms with Crippen molar-refractivity contribution in [3.63, 3.8) is 0 Å². The second-order valence-corrected chi connectivity index (χ2v) is 7.34. The Kier molecular flexibility index (Phi) is 3.70. The molecule has 1 aromatic rings. The van der Waals surface area contributed by atoms with E-state index in [-0.39, 0.29) is 6.04 Å². The van der Waals surface area contributed by atoms with Crippen molar-refractivity contribution < 1.29 is 8.42 Å². The number of anilines is 1. The van der Waals surface area contributed by atoms with Gasteiger partial charge in [-0.15, -0.1) is 0 Å². The van der Waals surface area contributed by atoms with Gasteiger partial charge in [0.25, 0.3) is 0 Å². The third kappa shape index (κ3) is 2.43. The summed E-state index contributed by atoms with van der Waals surface area (Å²) in [6, 6.07) is 7.82. The SMILES string of the molecule is Cc1cccc(N2CCCN(C3CCNC3)S2(=O)=O)c1. The molecule has 1 unspecified atom stereocenters. The van der Waals surface area contributed by atoms with Crippen molar-refractivity contribution in [3.05, 3.63) is 29.8 Å². The van der Waals surface area contributed by atoms with Crippen LogP contribution in [0.15, 0.2) is 24.3 Å². The van der Waals surface area contributed by atoms with Crippen molar-refractivity contribution in [3.8, 4) is 0 Å². The topological polar surface area (TPSA) is 52.6 Å². The van der Waals surface area contributed by atoms with Crippen LogP contribution in [0.1, 0.15) is 18.4 Å². The Hall–Kier alpha value is -1.11. The van der Waals surface area contributed by atoms with Crippen LogP contribution in [0.5, 0.6) is 0 Å². The second-order valence-electron chi connectivity index (χ2n) is 5.53. The van der Waals surface area contributed by atoms with Gasteiger partial charge in [0.05, 0.1) is 5.69 Å². The first-order valence-electron chi connectivity index (χ1n) is 7.16. The number of rotatable bonds is 2. The molecule has 2 fully saturated rings. The lowest BCUT2D eigenvalue weighted by Crippen LogP contribution is -2.54. The third-order valence-corrected chi connectivity index (χ3v) is 6.07. The van der Waals surface area contributed by atoms with Crippen molar-refractivity contribution in [2.75, 3.05) is 30.5 Å². The molecular weight excluding hydrogens is 274 g/mol. The highest BCUT2D eigenvalue weighted by Crippen LogP contribution is 2.28. The van der Waals surface area contributed by atoms with Gasteiger partial charge in [-0.05, 0) is 44.0 Å². The van der Waals surface area contributed by atoms with Crippen molar-refractivity contribution in [2.45, 2.75) is 25.8 Å². The number of aryl methyl sites for hydroxylation is 1. The molecule has 0 amide bonds. The van der Waals surface area contributed by atoms with Crippen molar-refractivity contribution >= 4 is 15.9 Å². The lowest BCUT2D eigenvalue weighted by molar-refractivity contribution is 0.318. The van der Waals surface area contributed by atoms with Gasteiger partial charge in [-0.25, -0.2) is 0 Å². The Morgan fingerprint density at radius 2 is 2.15 bits per heavy atom. The van der Waals surface area contributed by atoms with Gasteiger partial charge >= 0.3 is 10.2 Å². The first kappa shape index (κ1) is 13.9. The summed E-state index contributed by atoms with van der Waals surface area (Å²) in [7, 11) is -3.39. The molecule has 110 valence electrons. The molecule has 1 N–H and O–H groups in total. The number of nitrogens with zero attached hydrogens (tertiary/aromatic N) is 2. The Morgan fingerprint density at radius 1 is 1.30 bits per heavy atom.